The summed E-state index contributed by atoms with van der Waals surface area (Å²) in [7, 11) is 0. The second-order valence-electron chi connectivity index (χ2n) is 5.10. The maximum atomic E-state index is 11.6. The van der Waals surface area contributed by atoms with Gasteiger partial charge in [0.1, 0.15) is 0 Å². The Kier molecular flexibility index (Phi) is 7.02. The molecule has 0 radical (unpaired) electrons. The van der Waals surface area contributed by atoms with E-state index in [2.05, 4.69) is 29.6 Å². The van der Waals surface area contributed by atoms with Crippen LogP contribution in [-0.2, 0) is 22.4 Å². The summed E-state index contributed by atoms with van der Waals surface area (Å²) in [5, 5.41) is 2.09. The molecule has 1 aromatic carbocycles. The number of ether oxygens (including phenoxy) is 1. The van der Waals surface area contributed by atoms with E-state index in [1.807, 2.05) is 18.2 Å². The molecule has 1 aromatic heterocycles. The van der Waals surface area contributed by atoms with E-state index in [9.17, 15) is 4.79 Å². The van der Waals surface area contributed by atoms with Crippen molar-refractivity contribution in [3.63, 3.8) is 0 Å². The van der Waals surface area contributed by atoms with Crippen molar-refractivity contribution in [3.05, 3.63) is 58.3 Å². The van der Waals surface area contributed by atoms with Crippen LogP contribution in [0.15, 0.2) is 47.8 Å². The maximum Gasteiger partial charge on any atom is 0.305 e. The van der Waals surface area contributed by atoms with E-state index in [0.717, 1.165) is 32.1 Å². The summed E-state index contributed by atoms with van der Waals surface area (Å²) in [5.74, 6) is -0.0609. The summed E-state index contributed by atoms with van der Waals surface area (Å²) in [6.45, 7) is 0.526. The van der Waals surface area contributed by atoms with Crippen molar-refractivity contribution >= 4 is 17.3 Å². The van der Waals surface area contributed by atoms with Gasteiger partial charge in [-0.05, 0) is 49.1 Å². The fourth-order valence-electron chi connectivity index (χ4n) is 2.20. The predicted molar refractivity (Wildman–Crippen MR) is 87.6 cm³/mol. The Morgan fingerprint density at radius 3 is 2.57 bits per heavy atom. The van der Waals surface area contributed by atoms with E-state index in [4.69, 9.17) is 4.74 Å². The average Bonchev–Trinajstić information content (AvgIpc) is 3.02. The van der Waals surface area contributed by atoms with E-state index in [1.165, 1.54) is 10.4 Å². The minimum atomic E-state index is -0.0609. The molecule has 0 fully saturated rings. The first-order chi connectivity index (χ1) is 10.3. The summed E-state index contributed by atoms with van der Waals surface area (Å²) < 4.78 is 5.26. The van der Waals surface area contributed by atoms with Crippen molar-refractivity contribution in [1.29, 1.82) is 0 Å². The molecule has 21 heavy (non-hydrogen) atoms. The lowest BCUT2D eigenvalue weighted by atomic mass is 10.1. The van der Waals surface area contributed by atoms with Gasteiger partial charge in [-0.3, -0.25) is 4.79 Å². The van der Waals surface area contributed by atoms with Crippen LogP contribution < -0.4 is 0 Å². The highest BCUT2D eigenvalue weighted by Crippen LogP contribution is 2.13. The van der Waals surface area contributed by atoms with Gasteiger partial charge < -0.3 is 4.74 Å². The van der Waals surface area contributed by atoms with Crippen LogP contribution in [0.1, 0.15) is 36.1 Å². The first kappa shape index (κ1) is 15.8. The van der Waals surface area contributed by atoms with Crippen LogP contribution in [0.25, 0.3) is 0 Å². The number of thiophene rings is 1. The van der Waals surface area contributed by atoms with E-state index in [-0.39, 0.29) is 5.97 Å². The largest absolute Gasteiger partial charge is 0.466 e. The Morgan fingerprint density at radius 2 is 1.81 bits per heavy atom. The molecule has 0 atom stereocenters. The standard InChI is InChI=1S/C18H22O2S/c19-18(13-5-4-11-17-12-7-15-21-17)20-14-6-10-16-8-2-1-3-9-16/h1-3,7-9,12,15H,4-6,10-11,13-14H2. The monoisotopic (exact) mass is 302 g/mol. The van der Waals surface area contributed by atoms with Gasteiger partial charge >= 0.3 is 5.97 Å². The molecule has 2 rings (SSSR count). The van der Waals surface area contributed by atoms with Crippen LogP contribution in [0.5, 0.6) is 0 Å². The van der Waals surface area contributed by atoms with Gasteiger partial charge in [0.25, 0.3) is 0 Å². The second-order valence-corrected chi connectivity index (χ2v) is 6.13. The molecule has 0 aliphatic heterocycles. The summed E-state index contributed by atoms with van der Waals surface area (Å²) >= 11 is 1.78. The minimum Gasteiger partial charge on any atom is -0.466 e. The lowest BCUT2D eigenvalue weighted by molar-refractivity contribution is -0.143. The highest BCUT2D eigenvalue weighted by atomic mass is 32.1. The van der Waals surface area contributed by atoms with E-state index < -0.39 is 0 Å². The van der Waals surface area contributed by atoms with Crippen molar-refractivity contribution in [2.45, 2.75) is 38.5 Å². The molecular weight excluding hydrogens is 280 g/mol. The van der Waals surface area contributed by atoms with Crippen molar-refractivity contribution in [3.8, 4) is 0 Å². The molecule has 0 N–H and O–H groups in total. The molecule has 0 unspecified atom stereocenters. The van der Waals surface area contributed by atoms with Gasteiger partial charge in [0, 0.05) is 11.3 Å². The Balaban J connectivity index is 1.48. The van der Waals surface area contributed by atoms with Gasteiger partial charge in [0.05, 0.1) is 6.61 Å². The Morgan fingerprint density at radius 1 is 0.952 bits per heavy atom. The smallest absolute Gasteiger partial charge is 0.305 e. The quantitative estimate of drug-likeness (QED) is 0.498. The van der Waals surface area contributed by atoms with Gasteiger partial charge in [-0.25, -0.2) is 0 Å². The number of esters is 1. The van der Waals surface area contributed by atoms with Gasteiger partial charge in [-0.1, -0.05) is 36.4 Å². The number of rotatable bonds is 9. The molecule has 3 heteroatoms. The number of aryl methyl sites for hydroxylation is 2. The number of unbranched alkanes of at least 4 members (excludes halogenated alkanes) is 1. The first-order valence-corrected chi connectivity index (χ1v) is 8.44. The van der Waals surface area contributed by atoms with Crippen LogP contribution in [-0.4, -0.2) is 12.6 Å². The van der Waals surface area contributed by atoms with Gasteiger partial charge in [-0.15, -0.1) is 11.3 Å². The van der Waals surface area contributed by atoms with E-state index in [1.54, 1.807) is 11.3 Å². The molecular formula is C18H22O2S. The van der Waals surface area contributed by atoms with Gasteiger partial charge in [-0.2, -0.15) is 0 Å². The number of carbonyl (C=O) groups excluding carboxylic acids is 1. The Labute approximate surface area is 130 Å². The van der Waals surface area contributed by atoms with Crippen LogP contribution in [0.3, 0.4) is 0 Å². The summed E-state index contributed by atoms with van der Waals surface area (Å²) in [6, 6.07) is 14.5. The third-order valence-corrected chi connectivity index (χ3v) is 4.29. The summed E-state index contributed by atoms with van der Waals surface area (Å²) in [5.41, 5.74) is 1.30. The van der Waals surface area contributed by atoms with E-state index >= 15 is 0 Å². The highest BCUT2D eigenvalue weighted by Gasteiger charge is 2.03. The lowest BCUT2D eigenvalue weighted by Gasteiger charge is -2.05. The predicted octanol–water partition coefficient (Wildman–Crippen LogP) is 4.64. The molecule has 0 aliphatic carbocycles. The molecule has 2 nitrogen and oxygen atoms in total. The van der Waals surface area contributed by atoms with E-state index in [0.29, 0.717) is 13.0 Å². The summed E-state index contributed by atoms with van der Waals surface area (Å²) in [6.07, 6.45) is 5.43. The lowest BCUT2D eigenvalue weighted by Crippen LogP contribution is -2.06. The topological polar surface area (TPSA) is 26.3 Å². The van der Waals surface area contributed by atoms with Gasteiger partial charge in [0.2, 0.25) is 0 Å². The molecule has 0 bridgehead atoms. The van der Waals surface area contributed by atoms with Crippen molar-refractivity contribution in [2.24, 2.45) is 0 Å². The normalized spacial score (nSPS) is 10.5. The highest BCUT2D eigenvalue weighted by molar-refractivity contribution is 7.09. The Hall–Kier alpha value is -1.61. The van der Waals surface area contributed by atoms with Crippen LogP contribution >= 0.6 is 11.3 Å². The van der Waals surface area contributed by atoms with Crippen molar-refractivity contribution in [1.82, 2.24) is 0 Å². The third-order valence-electron chi connectivity index (χ3n) is 3.35. The summed E-state index contributed by atoms with van der Waals surface area (Å²) in [4.78, 5) is 13.0. The molecule has 2 aromatic rings. The zero-order chi connectivity index (χ0) is 14.8. The maximum absolute atomic E-state index is 11.6. The second kappa shape index (κ2) is 9.35. The van der Waals surface area contributed by atoms with Crippen molar-refractivity contribution in [2.75, 3.05) is 6.61 Å². The fraction of sp³-hybridized carbons (Fsp3) is 0.389. The average molecular weight is 302 g/mol. The minimum absolute atomic E-state index is 0.0609. The van der Waals surface area contributed by atoms with Crippen LogP contribution in [0.2, 0.25) is 0 Å². The molecule has 112 valence electrons. The number of benzene rings is 1. The van der Waals surface area contributed by atoms with Crippen LogP contribution in [0, 0.1) is 0 Å². The molecule has 0 aliphatic rings. The fourth-order valence-corrected chi connectivity index (χ4v) is 2.95. The molecule has 1 heterocycles. The zero-order valence-corrected chi connectivity index (χ0v) is 13.1. The van der Waals surface area contributed by atoms with Crippen LogP contribution in [0.4, 0.5) is 0 Å². The first-order valence-electron chi connectivity index (χ1n) is 7.56. The zero-order valence-electron chi connectivity index (χ0n) is 12.3. The third kappa shape index (κ3) is 6.58. The van der Waals surface area contributed by atoms with Gasteiger partial charge in [0.15, 0.2) is 0 Å². The number of hydrogen-bond acceptors (Lipinski definition) is 3. The number of hydrogen-bond donors (Lipinski definition) is 0. The molecule has 0 saturated carbocycles. The molecule has 0 saturated heterocycles. The molecule has 0 amide bonds. The number of carbonyl (C=O) groups is 1. The Bertz CT molecular complexity index is 505. The SMILES string of the molecule is O=C(CCCCc1cccs1)OCCCc1ccccc1. The molecule has 0 spiro atoms. The van der Waals surface area contributed by atoms with Crippen molar-refractivity contribution < 1.29 is 9.53 Å².